The summed E-state index contributed by atoms with van der Waals surface area (Å²) in [5, 5.41) is 2.93. The number of carbonyl (C=O) groups is 2. The Balaban J connectivity index is 1.76. The molecule has 1 aliphatic heterocycles. The zero-order chi connectivity index (χ0) is 18.5. The Hall–Kier alpha value is -2.62. The predicted molar refractivity (Wildman–Crippen MR) is 105 cm³/mol. The van der Waals surface area contributed by atoms with E-state index >= 15 is 0 Å². The van der Waals surface area contributed by atoms with Crippen molar-refractivity contribution >= 4 is 17.5 Å². The summed E-state index contributed by atoms with van der Waals surface area (Å²) in [6.07, 6.45) is 2.89. The first-order valence-electron chi connectivity index (χ1n) is 9.34. The number of nitrogens with one attached hydrogen (secondary N) is 1. The van der Waals surface area contributed by atoms with Crippen LogP contribution >= 0.6 is 0 Å². The molecule has 2 aromatic rings. The van der Waals surface area contributed by atoms with Crippen molar-refractivity contribution in [1.29, 1.82) is 0 Å². The molecule has 0 spiro atoms. The molecule has 0 saturated heterocycles. The van der Waals surface area contributed by atoms with E-state index in [0.29, 0.717) is 30.1 Å². The molecule has 4 heteroatoms. The van der Waals surface area contributed by atoms with Gasteiger partial charge in [0.05, 0.1) is 0 Å². The first kappa shape index (κ1) is 18.2. The average Bonchev–Trinajstić information content (AvgIpc) is 2.66. The molecule has 0 aromatic heterocycles. The highest BCUT2D eigenvalue weighted by Gasteiger charge is 2.23. The van der Waals surface area contributed by atoms with Crippen LogP contribution in [0.3, 0.4) is 0 Å². The third-order valence-electron chi connectivity index (χ3n) is 4.73. The quantitative estimate of drug-likeness (QED) is 0.884. The molecule has 0 radical (unpaired) electrons. The van der Waals surface area contributed by atoms with Crippen molar-refractivity contribution in [1.82, 2.24) is 5.32 Å². The Kier molecular flexibility index (Phi) is 5.71. The SMILES string of the molecule is CC(C)CCNC(=O)c1cccc(C(=O)N2CCCc3ccccc32)c1. The van der Waals surface area contributed by atoms with Crippen molar-refractivity contribution < 1.29 is 9.59 Å². The normalized spacial score (nSPS) is 13.4. The number of anilines is 1. The summed E-state index contributed by atoms with van der Waals surface area (Å²) in [5.74, 6) is 0.371. The monoisotopic (exact) mass is 350 g/mol. The minimum absolute atomic E-state index is 0.0472. The number of para-hydroxylation sites is 1. The van der Waals surface area contributed by atoms with E-state index in [9.17, 15) is 9.59 Å². The van der Waals surface area contributed by atoms with E-state index in [1.165, 1.54) is 5.56 Å². The van der Waals surface area contributed by atoms with Crippen molar-refractivity contribution in [2.45, 2.75) is 33.1 Å². The van der Waals surface area contributed by atoms with Gasteiger partial charge < -0.3 is 10.2 Å². The van der Waals surface area contributed by atoms with Crippen LogP contribution in [0, 0.1) is 5.92 Å². The molecule has 0 saturated carbocycles. The number of fused-ring (bicyclic) bond motifs is 1. The highest BCUT2D eigenvalue weighted by molar-refractivity contribution is 6.08. The minimum atomic E-state index is -0.126. The van der Waals surface area contributed by atoms with Gasteiger partial charge in [-0.05, 0) is 55.0 Å². The van der Waals surface area contributed by atoms with E-state index in [1.54, 1.807) is 24.3 Å². The van der Waals surface area contributed by atoms with Gasteiger partial charge in [-0.1, -0.05) is 38.1 Å². The second kappa shape index (κ2) is 8.17. The third kappa shape index (κ3) is 4.13. The van der Waals surface area contributed by atoms with E-state index in [0.717, 1.165) is 24.9 Å². The molecule has 0 atom stereocenters. The molecule has 0 aliphatic carbocycles. The maximum Gasteiger partial charge on any atom is 0.258 e. The number of rotatable bonds is 5. The molecular formula is C22H26N2O2. The molecule has 1 N–H and O–H groups in total. The van der Waals surface area contributed by atoms with Gasteiger partial charge in [0.15, 0.2) is 0 Å². The van der Waals surface area contributed by atoms with Gasteiger partial charge in [-0.25, -0.2) is 0 Å². The lowest BCUT2D eigenvalue weighted by molar-refractivity contribution is 0.0952. The molecular weight excluding hydrogens is 324 g/mol. The molecule has 4 nitrogen and oxygen atoms in total. The fourth-order valence-electron chi connectivity index (χ4n) is 3.27. The van der Waals surface area contributed by atoms with Crippen LogP contribution in [0.2, 0.25) is 0 Å². The van der Waals surface area contributed by atoms with Crippen LogP contribution in [-0.4, -0.2) is 24.9 Å². The fraction of sp³-hybridized carbons (Fsp3) is 0.364. The smallest absolute Gasteiger partial charge is 0.258 e. The number of amides is 2. The summed E-state index contributed by atoms with van der Waals surface area (Å²) in [5.41, 5.74) is 3.27. The maximum atomic E-state index is 13.0. The Morgan fingerprint density at radius 3 is 2.65 bits per heavy atom. The molecule has 26 heavy (non-hydrogen) atoms. The lowest BCUT2D eigenvalue weighted by atomic mass is 10.0. The summed E-state index contributed by atoms with van der Waals surface area (Å²) in [6, 6.07) is 15.1. The summed E-state index contributed by atoms with van der Waals surface area (Å²) in [6.45, 7) is 5.61. The van der Waals surface area contributed by atoms with Gasteiger partial charge in [0, 0.05) is 29.9 Å². The van der Waals surface area contributed by atoms with Crippen LogP contribution in [0.25, 0.3) is 0 Å². The van der Waals surface area contributed by atoms with Gasteiger partial charge in [0.2, 0.25) is 0 Å². The highest BCUT2D eigenvalue weighted by Crippen LogP contribution is 2.28. The van der Waals surface area contributed by atoms with Crippen LogP contribution in [0.4, 0.5) is 5.69 Å². The summed E-state index contributed by atoms with van der Waals surface area (Å²) in [4.78, 5) is 27.2. The number of hydrogen-bond acceptors (Lipinski definition) is 2. The Morgan fingerprint density at radius 2 is 1.85 bits per heavy atom. The van der Waals surface area contributed by atoms with Gasteiger partial charge in [0.1, 0.15) is 0 Å². The summed E-state index contributed by atoms with van der Waals surface area (Å²) < 4.78 is 0. The van der Waals surface area contributed by atoms with Gasteiger partial charge in [-0.3, -0.25) is 9.59 Å². The van der Waals surface area contributed by atoms with E-state index in [4.69, 9.17) is 0 Å². The molecule has 2 aromatic carbocycles. The predicted octanol–water partition coefficient (Wildman–Crippen LogP) is 4.06. The van der Waals surface area contributed by atoms with Crippen LogP contribution in [0.5, 0.6) is 0 Å². The molecule has 1 heterocycles. The molecule has 0 fully saturated rings. The average molecular weight is 350 g/mol. The topological polar surface area (TPSA) is 49.4 Å². The van der Waals surface area contributed by atoms with Gasteiger partial charge >= 0.3 is 0 Å². The number of nitrogens with zero attached hydrogens (tertiary/aromatic N) is 1. The van der Waals surface area contributed by atoms with E-state index in [-0.39, 0.29) is 11.8 Å². The van der Waals surface area contributed by atoms with Crippen molar-refractivity contribution in [3.8, 4) is 0 Å². The molecule has 0 bridgehead atoms. The fourth-order valence-corrected chi connectivity index (χ4v) is 3.27. The van der Waals surface area contributed by atoms with Crippen LogP contribution in [0.15, 0.2) is 48.5 Å². The standard InChI is InChI=1S/C22H26N2O2/c1-16(2)12-13-23-21(25)18-8-5-9-19(15-18)22(26)24-14-6-10-17-7-3-4-11-20(17)24/h3-5,7-9,11,15-16H,6,10,12-14H2,1-2H3,(H,23,25). The van der Waals surface area contributed by atoms with Crippen molar-refractivity contribution in [2.75, 3.05) is 18.0 Å². The Labute approximate surface area is 155 Å². The van der Waals surface area contributed by atoms with Crippen molar-refractivity contribution in [3.05, 3.63) is 65.2 Å². The van der Waals surface area contributed by atoms with Crippen LogP contribution in [0.1, 0.15) is 53.0 Å². The molecule has 0 unspecified atom stereocenters. The largest absolute Gasteiger partial charge is 0.352 e. The second-order valence-electron chi connectivity index (χ2n) is 7.21. The first-order valence-corrected chi connectivity index (χ1v) is 9.34. The zero-order valence-electron chi connectivity index (χ0n) is 15.5. The molecule has 3 rings (SSSR count). The lowest BCUT2D eigenvalue weighted by Crippen LogP contribution is -2.35. The van der Waals surface area contributed by atoms with Gasteiger partial charge in [-0.2, -0.15) is 0 Å². The van der Waals surface area contributed by atoms with Crippen molar-refractivity contribution in [3.63, 3.8) is 0 Å². The number of aryl methyl sites for hydroxylation is 1. The molecule has 136 valence electrons. The maximum absolute atomic E-state index is 13.0. The third-order valence-corrected chi connectivity index (χ3v) is 4.73. The highest BCUT2D eigenvalue weighted by atomic mass is 16.2. The van der Waals surface area contributed by atoms with Crippen LogP contribution in [-0.2, 0) is 6.42 Å². The Morgan fingerprint density at radius 1 is 1.08 bits per heavy atom. The summed E-state index contributed by atoms with van der Waals surface area (Å²) in [7, 11) is 0. The zero-order valence-corrected chi connectivity index (χ0v) is 15.5. The number of hydrogen-bond donors (Lipinski definition) is 1. The first-order chi connectivity index (χ1) is 12.6. The van der Waals surface area contributed by atoms with Crippen LogP contribution < -0.4 is 10.2 Å². The Bertz CT molecular complexity index is 798. The van der Waals surface area contributed by atoms with E-state index in [1.807, 2.05) is 23.1 Å². The van der Waals surface area contributed by atoms with Gasteiger partial charge in [0.25, 0.3) is 11.8 Å². The summed E-state index contributed by atoms with van der Waals surface area (Å²) >= 11 is 0. The van der Waals surface area contributed by atoms with Gasteiger partial charge in [-0.15, -0.1) is 0 Å². The molecule has 2 amide bonds. The number of carbonyl (C=O) groups excluding carboxylic acids is 2. The van der Waals surface area contributed by atoms with E-state index < -0.39 is 0 Å². The van der Waals surface area contributed by atoms with E-state index in [2.05, 4.69) is 25.2 Å². The minimum Gasteiger partial charge on any atom is -0.352 e. The number of benzene rings is 2. The molecule has 1 aliphatic rings. The lowest BCUT2D eigenvalue weighted by Gasteiger charge is -2.29. The van der Waals surface area contributed by atoms with Crippen molar-refractivity contribution in [2.24, 2.45) is 5.92 Å². The second-order valence-corrected chi connectivity index (χ2v) is 7.21.